The number of hydrogen-bond acceptors (Lipinski definition) is 3. The van der Waals surface area contributed by atoms with E-state index in [-0.39, 0.29) is 24.1 Å². The van der Waals surface area contributed by atoms with Crippen molar-refractivity contribution in [2.45, 2.75) is 32.6 Å². The number of morpholine rings is 1. The number of guanidine groups is 1. The van der Waals surface area contributed by atoms with E-state index in [1.807, 2.05) is 43.0 Å². The number of carbonyl (C=O) groups is 1. The number of ether oxygens (including phenoxy) is 1. The lowest BCUT2D eigenvalue weighted by molar-refractivity contribution is -0.0586. The molecular weight excluding hydrogens is 268 g/mol. The van der Waals surface area contributed by atoms with E-state index in [4.69, 9.17) is 16.2 Å². The Labute approximate surface area is 124 Å². The number of aliphatic imine (C=N–C) groups is 1. The maximum absolute atomic E-state index is 12.5. The molecule has 0 aliphatic carbocycles. The second kappa shape index (κ2) is 6.58. The second-order valence-electron chi connectivity index (χ2n) is 5.41. The second-order valence-corrected chi connectivity index (χ2v) is 5.41. The Hall–Kier alpha value is -2.08. The van der Waals surface area contributed by atoms with Crippen LogP contribution in [0.5, 0.6) is 0 Å². The van der Waals surface area contributed by atoms with Crippen LogP contribution in [-0.4, -0.2) is 42.1 Å². The first-order valence-corrected chi connectivity index (χ1v) is 7.04. The van der Waals surface area contributed by atoms with E-state index >= 15 is 0 Å². The lowest BCUT2D eigenvalue weighted by Gasteiger charge is -2.35. The number of rotatable bonds is 3. The highest BCUT2D eigenvalue weighted by molar-refractivity contribution is 5.94. The van der Waals surface area contributed by atoms with E-state index < -0.39 is 0 Å². The Kier molecular flexibility index (Phi) is 4.80. The molecule has 0 saturated carbocycles. The zero-order chi connectivity index (χ0) is 15.4. The van der Waals surface area contributed by atoms with Gasteiger partial charge in [0, 0.05) is 18.7 Å². The van der Waals surface area contributed by atoms with Gasteiger partial charge in [0.05, 0.1) is 18.8 Å². The third kappa shape index (κ3) is 4.19. The molecule has 1 fully saturated rings. The summed E-state index contributed by atoms with van der Waals surface area (Å²) in [5, 5.41) is 0. The molecule has 2 atom stereocenters. The van der Waals surface area contributed by atoms with Crippen molar-refractivity contribution in [3.63, 3.8) is 0 Å². The molecule has 21 heavy (non-hydrogen) atoms. The first kappa shape index (κ1) is 15.3. The minimum atomic E-state index is 0.0328. The Morgan fingerprint density at radius 3 is 2.33 bits per heavy atom. The molecule has 1 heterocycles. The molecule has 4 N–H and O–H groups in total. The van der Waals surface area contributed by atoms with Crippen LogP contribution in [0.1, 0.15) is 29.8 Å². The average Bonchev–Trinajstić information content (AvgIpc) is 2.44. The quantitative estimate of drug-likeness (QED) is 0.633. The fraction of sp³-hybridized carbons (Fsp3) is 0.467. The predicted molar refractivity (Wildman–Crippen MR) is 81.9 cm³/mol. The summed E-state index contributed by atoms with van der Waals surface area (Å²) in [6.45, 7) is 5.63. The molecule has 2 rings (SSSR count). The normalized spacial score (nSPS) is 21.9. The van der Waals surface area contributed by atoms with Crippen molar-refractivity contribution in [3.8, 4) is 0 Å². The molecule has 1 aromatic carbocycles. The summed E-state index contributed by atoms with van der Waals surface area (Å²) in [7, 11) is 0. The Balaban J connectivity index is 2.04. The molecule has 0 spiro atoms. The van der Waals surface area contributed by atoms with E-state index in [0.29, 0.717) is 25.2 Å². The maximum Gasteiger partial charge on any atom is 0.254 e. The Bertz CT molecular complexity index is 513. The number of benzene rings is 1. The molecular formula is C15H22N4O2. The number of nitrogens with two attached hydrogens (primary N) is 2. The van der Waals surface area contributed by atoms with Crippen LogP contribution in [-0.2, 0) is 11.3 Å². The summed E-state index contributed by atoms with van der Waals surface area (Å²) < 4.78 is 5.64. The van der Waals surface area contributed by atoms with Crippen molar-refractivity contribution in [1.82, 2.24) is 4.90 Å². The molecule has 0 radical (unpaired) electrons. The van der Waals surface area contributed by atoms with Crippen LogP contribution in [0.4, 0.5) is 0 Å². The van der Waals surface area contributed by atoms with Crippen molar-refractivity contribution in [2.24, 2.45) is 16.5 Å². The van der Waals surface area contributed by atoms with Gasteiger partial charge in [0.2, 0.25) is 0 Å². The molecule has 0 bridgehead atoms. The van der Waals surface area contributed by atoms with Crippen LogP contribution in [0.3, 0.4) is 0 Å². The predicted octanol–water partition coefficient (Wildman–Crippen LogP) is 0.709. The smallest absolute Gasteiger partial charge is 0.254 e. The minimum Gasteiger partial charge on any atom is -0.372 e. The molecule has 1 aliphatic heterocycles. The van der Waals surface area contributed by atoms with Crippen molar-refractivity contribution >= 4 is 11.9 Å². The zero-order valence-corrected chi connectivity index (χ0v) is 12.5. The number of carbonyl (C=O) groups excluding carboxylic acids is 1. The Morgan fingerprint density at radius 2 is 1.81 bits per heavy atom. The standard InChI is InChI=1S/C15H22N4O2/c1-10-8-19(9-11(2)21-10)14(20)13-5-3-12(4-6-13)7-18-15(16)17/h3-6,10-11H,7-9H2,1-2H3,(H4,16,17,18). The van der Waals surface area contributed by atoms with Gasteiger partial charge in [0.15, 0.2) is 5.96 Å². The first-order chi connectivity index (χ1) is 9.95. The van der Waals surface area contributed by atoms with E-state index in [1.54, 1.807) is 0 Å². The van der Waals surface area contributed by atoms with Crippen LogP contribution >= 0.6 is 0 Å². The van der Waals surface area contributed by atoms with Crippen LogP contribution < -0.4 is 11.5 Å². The molecule has 6 heteroatoms. The van der Waals surface area contributed by atoms with Crippen molar-refractivity contribution in [2.75, 3.05) is 13.1 Å². The molecule has 114 valence electrons. The van der Waals surface area contributed by atoms with Crippen LogP contribution in [0, 0.1) is 0 Å². The van der Waals surface area contributed by atoms with Gasteiger partial charge in [-0.2, -0.15) is 0 Å². The SMILES string of the molecule is CC1CN(C(=O)c2ccc(CN=C(N)N)cc2)CC(C)O1. The molecule has 0 aromatic heterocycles. The summed E-state index contributed by atoms with van der Waals surface area (Å²) in [6, 6.07) is 7.36. The Morgan fingerprint density at radius 1 is 1.24 bits per heavy atom. The van der Waals surface area contributed by atoms with Gasteiger partial charge in [-0.05, 0) is 31.5 Å². The monoisotopic (exact) mass is 290 g/mol. The van der Waals surface area contributed by atoms with E-state index in [1.165, 1.54) is 0 Å². The van der Waals surface area contributed by atoms with Gasteiger partial charge in [-0.3, -0.25) is 4.79 Å². The lowest BCUT2D eigenvalue weighted by Crippen LogP contribution is -2.48. The molecule has 2 unspecified atom stereocenters. The molecule has 1 saturated heterocycles. The van der Waals surface area contributed by atoms with Gasteiger partial charge in [-0.15, -0.1) is 0 Å². The van der Waals surface area contributed by atoms with Crippen LogP contribution in [0.15, 0.2) is 29.3 Å². The third-order valence-corrected chi connectivity index (χ3v) is 3.35. The summed E-state index contributed by atoms with van der Waals surface area (Å²) in [5.74, 6) is 0.0943. The van der Waals surface area contributed by atoms with E-state index in [2.05, 4.69) is 4.99 Å². The van der Waals surface area contributed by atoms with Gasteiger partial charge in [0.1, 0.15) is 0 Å². The third-order valence-electron chi connectivity index (χ3n) is 3.35. The van der Waals surface area contributed by atoms with Gasteiger partial charge in [0.25, 0.3) is 5.91 Å². The highest BCUT2D eigenvalue weighted by Crippen LogP contribution is 2.15. The molecule has 1 amide bonds. The number of amides is 1. The molecule has 1 aliphatic rings. The minimum absolute atomic E-state index is 0.0328. The summed E-state index contributed by atoms with van der Waals surface area (Å²) in [4.78, 5) is 18.2. The summed E-state index contributed by atoms with van der Waals surface area (Å²) in [5.41, 5.74) is 12.2. The fourth-order valence-corrected chi connectivity index (χ4v) is 2.46. The number of nitrogens with zero attached hydrogens (tertiary/aromatic N) is 2. The van der Waals surface area contributed by atoms with Gasteiger partial charge in [-0.25, -0.2) is 4.99 Å². The van der Waals surface area contributed by atoms with E-state index in [0.717, 1.165) is 5.56 Å². The summed E-state index contributed by atoms with van der Waals surface area (Å²) in [6.07, 6.45) is 0.137. The van der Waals surface area contributed by atoms with Crippen LogP contribution in [0.2, 0.25) is 0 Å². The molecule has 6 nitrogen and oxygen atoms in total. The highest BCUT2D eigenvalue weighted by Gasteiger charge is 2.26. The van der Waals surface area contributed by atoms with Gasteiger partial charge in [-0.1, -0.05) is 12.1 Å². The van der Waals surface area contributed by atoms with Gasteiger partial charge < -0.3 is 21.1 Å². The first-order valence-electron chi connectivity index (χ1n) is 7.04. The van der Waals surface area contributed by atoms with E-state index in [9.17, 15) is 4.79 Å². The van der Waals surface area contributed by atoms with Crippen molar-refractivity contribution < 1.29 is 9.53 Å². The van der Waals surface area contributed by atoms with Crippen molar-refractivity contribution in [3.05, 3.63) is 35.4 Å². The van der Waals surface area contributed by atoms with Crippen molar-refractivity contribution in [1.29, 1.82) is 0 Å². The zero-order valence-electron chi connectivity index (χ0n) is 12.5. The number of hydrogen-bond donors (Lipinski definition) is 2. The lowest BCUT2D eigenvalue weighted by atomic mass is 10.1. The highest BCUT2D eigenvalue weighted by atomic mass is 16.5. The summed E-state index contributed by atoms with van der Waals surface area (Å²) >= 11 is 0. The largest absolute Gasteiger partial charge is 0.372 e. The van der Waals surface area contributed by atoms with Crippen LogP contribution in [0.25, 0.3) is 0 Å². The average molecular weight is 290 g/mol. The fourth-order valence-electron chi connectivity index (χ4n) is 2.46. The van der Waals surface area contributed by atoms with Gasteiger partial charge >= 0.3 is 0 Å². The maximum atomic E-state index is 12.5. The topological polar surface area (TPSA) is 93.9 Å². The molecule has 1 aromatic rings.